The van der Waals surface area contributed by atoms with Gasteiger partial charge in [-0.2, -0.15) is 0 Å². The normalized spacial score (nSPS) is 9.80. The summed E-state index contributed by atoms with van der Waals surface area (Å²) in [5, 5.41) is 2.32. The lowest BCUT2D eigenvalue weighted by Gasteiger charge is -2.16. The molecule has 1 heterocycles. The van der Waals surface area contributed by atoms with Crippen LogP contribution in [0.2, 0.25) is 0 Å². The monoisotopic (exact) mass is 215 g/mol. The first-order chi connectivity index (χ1) is 7.15. The Labute approximate surface area is 85.9 Å². The highest BCUT2D eigenvalue weighted by Crippen LogP contribution is 2.08. The van der Waals surface area contributed by atoms with Crippen LogP contribution in [0.4, 0.5) is 19.4 Å². The first-order valence-electron chi connectivity index (χ1n) is 4.34. The lowest BCUT2D eigenvalue weighted by atomic mass is 10.4. The molecule has 1 aromatic rings. The van der Waals surface area contributed by atoms with E-state index in [1.165, 1.54) is 24.1 Å². The number of alkyl halides is 1. The highest BCUT2D eigenvalue weighted by atomic mass is 19.1. The molecule has 2 amide bonds. The summed E-state index contributed by atoms with van der Waals surface area (Å²) in [7, 11) is 1.47. The van der Waals surface area contributed by atoms with Crippen molar-refractivity contribution in [2.45, 2.75) is 0 Å². The second kappa shape index (κ2) is 5.23. The van der Waals surface area contributed by atoms with Crippen LogP contribution in [0.3, 0.4) is 0 Å². The maximum atomic E-state index is 12.5. The van der Waals surface area contributed by atoms with Crippen LogP contribution in [0.1, 0.15) is 0 Å². The summed E-state index contributed by atoms with van der Waals surface area (Å²) in [6, 6.07) is 2.08. The van der Waals surface area contributed by atoms with Gasteiger partial charge in [0.1, 0.15) is 18.3 Å². The molecule has 0 aliphatic carbocycles. The van der Waals surface area contributed by atoms with Crippen LogP contribution in [0.15, 0.2) is 18.3 Å². The van der Waals surface area contributed by atoms with Gasteiger partial charge in [-0.05, 0) is 12.1 Å². The van der Waals surface area contributed by atoms with E-state index >= 15 is 0 Å². The number of rotatable bonds is 3. The molecule has 82 valence electrons. The molecule has 0 aliphatic heterocycles. The second-order valence-electron chi connectivity index (χ2n) is 2.81. The van der Waals surface area contributed by atoms with Gasteiger partial charge in [0.25, 0.3) is 0 Å². The minimum absolute atomic E-state index is 0.0512. The van der Waals surface area contributed by atoms with E-state index in [0.29, 0.717) is 5.82 Å². The number of urea groups is 1. The third-order valence-electron chi connectivity index (χ3n) is 1.73. The number of hydrogen-bond acceptors (Lipinski definition) is 2. The van der Waals surface area contributed by atoms with E-state index in [9.17, 15) is 13.6 Å². The van der Waals surface area contributed by atoms with Crippen LogP contribution < -0.4 is 10.2 Å². The Morgan fingerprint density at radius 1 is 1.60 bits per heavy atom. The first-order valence-corrected chi connectivity index (χ1v) is 4.34. The van der Waals surface area contributed by atoms with Crippen molar-refractivity contribution in [3.05, 3.63) is 24.1 Å². The van der Waals surface area contributed by atoms with Crippen molar-refractivity contribution < 1.29 is 13.6 Å². The van der Waals surface area contributed by atoms with E-state index in [4.69, 9.17) is 0 Å². The molecule has 6 heteroatoms. The molecule has 0 saturated heterocycles. The minimum atomic E-state index is -0.629. The molecule has 15 heavy (non-hydrogen) atoms. The number of aromatic nitrogens is 1. The molecule has 4 nitrogen and oxygen atoms in total. The average Bonchev–Trinajstić information content (AvgIpc) is 2.26. The first kappa shape index (κ1) is 11.4. The molecule has 1 N–H and O–H groups in total. The SMILES string of the molecule is CN(C(=O)NCCF)c1ccc(F)cn1. The van der Waals surface area contributed by atoms with E-state index in [1.54, 1.807) is 0 Å². The molecule has 0 aromatic carbocycles. The molecular weight excluding hydrogens is 204 g/mol. The van der Waals surface area contributed by atoms with Gasteiger partial charge in [0.15, 0.2) is 0 Å². The molecule has 0 radical (unpaired) electrons. The standard InChI is InChI=1S/C9H11F2N3O/c1-14(9(15)12-5-4-10)8-3-2-7(11)6-13-8/h2-3,6H,4-5H2,1H3,(H,12,15). The van der Waals surface area contributed by atoms with Gasteiger partial charge in [-0.3, -0.25) is 4.90 Å². The van der Waals surface area contributed by atoms with E-state index in [2.05, 4.69) is 10.3 Å². The van der Waals surface area contributed by atoms with Gasteiger partial charge in [-0.25, -0.2) is 18.6 Å². The Bertz CT molecular complexity index is 329. The topological polar surface area (TPSA) is 45.2 Å². The lowest BCUT2D eigenvalue weighted by molar-refractivity contribution is 0.246. The number of nitrogens with zero attached hydrogens (tertiary/aromatic N) is 2. The van der Waals surface area contributed by atoms with E-state index in [0.717, 1.165) is 6.20 Å². The Balaban J connectivity index is 2.63. The second-order valence-corrected chi connectivity index (χ2v) is 2.81. The van der Waals surface area contributed by atoms with Crippen LogP contribution in [0.5, 0.6) is 0 Å². The van der Waals surface area contributed by atoms with Gasteiger partial charge >= 0.3 is 6.03 Å². The lowest BCUT2D eigenvalue weighted by Crippen LogP contribution is -2.38. The minimum Gasteiger partial charge on any atom is -0.335 e. The Morgan fingerprint density at radius 3 is 2.87 bits per heavy atom. The fourth-order valence-electron chi connectivity index (χ4n) is 0.943. The number of nitrogens with one attached hydrogen (secondary N) is 1. The van der Waals surface area contributed by atoms with Crippen LogP contribution in [0, 0.1) is 5.82 Å². The number of carbonyl (C=O) groups is 1. The highest BCUT2D eigenvalue weighted by Gasteiger charge is 2.10. The highest BCUT2D eigenvalue weighted by molar-refractivity contribution is 5.90. The zero-order chi connectivity index (χ0) is 11.3. The summed E-state index contributed by atoms with van der Waals surface area (Å²) in [6.07, 6.45) is 1.01. The third-order valence-corrected chi connectivity index (χ3v) is 1.73. The molecule has 1 rings (SSSR count). The molecule has 0 spiro atoms. The summed E-state index contributed by atoms with van der Waals surface area (Å²) in [6.45, 7) is -0.680. The molecule has 0 aliphatic rings. The van der Waals surface area contributed by atoms with Crippen molar-refractivity contribution in [1.29, 1.82) is 0 Å². The van der Waals surface area contributed by atoms with Crippen molar-refractivity contribution in [3.63, 3.8) is 0 Å². The number of halogens is 2. The van der Waals surface area contributed by atoms with Gasteiger partial charge in [-0.15, -0.1) is 0 Å². The number of hydrogen-bond donors (Lipinski definition) is 1. The van der Waals surface area contributed by atoms with Crippen LogP contribution in [-0.2, 0) is 0 Å². The number of carbonyl (C=O) groups excluding carboxylic acids is 1. The predicted octanol–water partition coefficient (Wildman–Crippen LogP) is 1.34. The van der Waals surface area contributed by atoms with Gasteiger partial charge in [0.2, 0.25) is 0 Å². The summed E-state index contributed by atoms with van der Waals surface area (Å²) >= 11 is 0. The summed E-state index contributed by atoms with van der Waals surface area (Å²) < 4.78 is 24.3. The van der Waals surface area contributed by atoms with E-state index < -0.39 is 18.5 Å². The summed E-state index contributed by atoms with van der Waals surface area (Å²) in [4.78, 5) is 16.2. The van der Waals surface area contributed by atoms with Crippen LogP contribution in [0.25, 0.3) is 0 Å². The number of anilines is 1. The average molecular weight is 215 g/mol. The quantitative estimate of drug-likeness (QED) is 0.826. The van der Waals surface area contributed by atoms with Crippen LogP contribution >= 0.6 is 0 Å². The zero-order valence-corrected chi connectivity index (χ0v) is 8.20. The largest absolute Gasteiger partial charge is 0.335 e. The molecule has 0 bridgehead atoms. The fraction of sp³-hybridized carbons (Fsp3) is 0.333. The molecular formula is C9H11F2N3O. The van der Waals surface area contributed by atoms with E-state index in [-0.39, 0.29) is 6.54 Å². The maximum absolute atomic E-state index is 12.5. The summed E-state index contributed by atoms with van der Waals surface area (Å²) in [5.74, 6) is -0.177. The molecule has 0 saturated carbocycles. The van der Waals surface area contributed by atoms with Crippen molar-refractivity contribution in [3.8, 4) is 0 Å². The predicted molar refractivity (Wildman–Crippen MR) is 52.0 cm³/mol. The van der Waals surface area contributed by atoms with Crippen molar-refractivity contribution in [2.75, 3.05) is 25.2 Å². The maximum Gasteiger partial charge on any atom is 0.322 e. The smallest absolute Gasteiger partial charge is 0.322 e. The third kappa shape index (κ3) is 3.16. The Hall–Kier alpha value is -1.72. The van der Waals surface area contributed by atoms with Gasteiger partial charge in [-0.1, -0.05) is 0 Å². The van der Waals surface area contributed by atoms with Crippen LogP contribution in [-0.4, -0.2) is 31.3 Å². The fourth-order valence-corrected chi connectivity index (χ4v) is 0.943. The Kier molecular flexibility index (Phi) is 3.96. The molecule has 0 atom stereocenters. The zero-order valence-electron chi connectivity index (χ0n) is 8.20. The number of amides is 2. The van der Waals surface area contributed by atoms with Crippen molar-refractivity contribution >= 4 is 11.8 Å². The molecule has 1 aromatic heterocycles. The molecule has 0 fully saturated rings. The van der Waals surface area contributed by atoms with Gasteiger partial charge < -0.3 is 5.32 Å². The van der Waals surface area contributed by atoms with E-state index in [1.807, 2.05) is 0 Å². The van der Waals surface area contributed by atoms with Crippen molar-refractivity contribution in [1.82, 2.24) is 10.3 Å². The van der Waals surface area contributed by atoms with Gasteiger partial charge in [0.05, 0.1) is 6.20 Å². The van der Waals surface area contributed by atoms with Crippen molar-refractivity contribution in [2.24, 2.45) is 0 Å². The summed E-state index contributed by atoms with van der Waals surface area (Å²) in [5.41, 5.74) is 0. The molecule has 0 unspecified atom stereocenters. The number of pyridine rings is 1. The Morgan fingerprint density at radius 2 is 2.33 bits per heavy atom. The van der Waals surface area contributed by atoms with Gasteiger partial charge in [0, 0.05) is 13.6 Å².